The van der Waals surface area contributed by atoms with Gasteiger partial charge in [-0.15, -0.1) is 0 Å². The van der Waals surface area contributed by atoms with Gasteiger partial charge in [0.15, 0.2) is 0 Å². The average molecular weight is 599 g/mol. The van der Waals surface area contributed by atoms with Crippen LogP contribution >= 0.6 is 0 Å². The first-order valence-corrected chi connectivity index (χ1v) is 12.7. The molecule has 0 amide bonds. The topological polar surface area (TPSA) is 18.5 Å². The van der Waals surface area contributed by atoms with E-state index < -0.39 is 46.9 Å². The minimum Gasteiger partial charge on any atom is -0.429 e. The molecule has 4 aromatic rings. The van der Waals surface area contributed by atoms with Crippen molar-refractivity contribution in [3.63, 3.8) is 0 Å². The van der Waals surface area contributed by atoms with Crippen LogP contribution in [0.1, 0.15) is 42.0 Å². The fourth-order valence-electron chi connectivity index (χ4n) is 4.11. The lowest BCUT2D eigenvalue weighted by molar-refractivity contribution is -0.186. The molecule has 0 radical (unpaired) electrons. The van der Waals surface area contributed by atoms with Crippen molar-refractivity contribution in [2.45, 2.75) is 44.6 Å². The Morgan fingerprint density at radius 3 is 1.45 bits per heavy atom. The van der Waals surface area contributed by atoms with Gasteiger partial charge in [0.25, 0.3) is 0 Å². The van der Waals surface area contributed by atoms with Crippen molar-refractivity contribution in [2.24, 2.45) is 0 Å². The van der Waals surface area contributed by atoms with E-state index in [1.165, 1.54) is 48.5 Å². The van der Waals surface area contributed by atoms with Crippen LogP contribution in [0.3, 0.4) is 0 Å². The summed E-state index contributed by atoms with van der Waals surface area (Å²) in [5, 5.41) is 0. The Morgan fingerprint density at radius 2 is 1.00 bits per heavy atom. The van der Waals surface area contributed by atoms with Crippen LogP contribution < -0.4 is 9.47 Å². The molecule has 0 aromatic heterocycles. The van der Waals surface area contributed by atoms with Crippen LogP contribution in [0.25, 0.3) is 11.1 Å². The van der Waals surface area contributed by atoms with E-state index in [9.17, 15) is 39.5 Å². The van der Waals surface area contributed by atoms with Gasteiger partial charge in [0.05, 0.1) is 11.1 Å². The second kappa shape index (κ2) is 12.0. The highest BCUT2D eigenvalue weighted by Crippen LogP contribution is 2.39. The van der Waals surface area contributed by atoms with Gasteiger partial charge in [-0.25, -0.2) is 8.78 Å². The number of hydrogen-bond acceptors (Lipinski definition) is 2. The predicted molar refractivity (Wildman–Crippen MR) is 137 cm³/mol. The molecule has 0 aliphatic rings. The number of aryl methyl sites for hydroxylation is 1. The lowest BCUT2D eigenvalue weighted by atomic mass is 10.0. The standard InChI is InChI=1S/C31H23F9O2/c1-2-3-4-19-5-11-22(12-6-19)30(37,38)41-24-15-9-21(10-16-24)20-7-13-23(14-8-20)31(39,40)42-25-17-26(32)28(27(33)18-25)29(34,35)36/h5-18H,2-4H2,1H3. The summed E-state index contributed by atoms with van der Waals surface area (Å²) >= 11 is 0. The molecule has 4 rings (SSSR count). The molecule has 222 valence electrons. The first-order valence-electron chi connectivity index (χ1n) is 12.7. The fraction of sp³-hybridized carbons (Fsp3) is 0.226. The van der Waals surface area contributed by atoms with Crippen LogP contribution in [0.4, 0.5) is 39.5 Å². The minimum absolute atomic E-state index is 0.0178. The van der Waals surface area contributed by atoms with Crippen LogP contribution in [0.2, 0.25) is 0 Å². The second-order valence-electron chi connectivity index (χ2n) is 9.40. The van der Waals surface area contributed by atoms with Gasteiger partial charge in [0, 0.05) is 12.1 Å². The van der Waals surface area contributed by atoms with Crippen LogP contribution in [0.15, 0.2) is 84.9 Å². The maximum absolute atomic E-state index is 14.7. The van der Waals surface area contributed by atoms with E-state index in [1.54, 1.807) is 12.1 Å². The molecule has 0 saturated carbocycles. The molecular weight excluding hydrogens is 575 g/mol. The van der Waals surface area contributed by atoms with Crippen molar-refractivity contribution in [3.05, 3.63) is 119 Å². The summed E-state index contributed by atoms with van der Waals surface area (Å²) in [4.78, 5) is 0. The monoisotopic (exact) mass is 598 g/mol. The van der Waals surface area contributed by atoms with Crippen molar-refractivity contribution in [2.75, 3.05) is 0 Å². The van der Waals surface area contributed by atoms with Gasteiger partial charge in [-0.3, -0.25) is 0 Å². The summed E-state index contributed by atoms with van der Waals surface area (Å²) in [6, 6.07) is 15.8. The average Bonchev–Trinajstić information content (AvgIpc) is 2.91. The van der Waals surface area contributed by atoms with Gasteiger partial charge in [-0.1, -0.05) is 49.7 Å². The van der Waals surface area contributed by atoms with Crippen molar-refractivity contribution in [3.8, 4) is 22.6 Å². The van der Waals surface area contributed by atoms with Crippen LogP contribution in [-0.2, 0) is 24.8 Å². The summed E-state index contributed by atoms with van der Waals surface area (Å²) in [7, 11) is 0. The molecule has 0 saturated heterocycles. The number of ether oxygens (including phenoxy) is 2. The Bertz CT molecular complexity index is 1470. The highest BCUT2D eigenvalue weighted by molar-refractivity contribution is 5.64. The number of hydrogen-bond donors (Lipinski definition) is 0. The molecule has 0 atom stereocenters. The maximum atomic E-state index is 14.7. The quantitative estimate of drug-likeness (QED) is 0.169. The Labute approximate surface area is 235 Å². The molecule has 0 aliphatic heterocycles. The smallest absolute Gasteiger partial charge is 0.426 e. The van der Waals surface area contributed by atoms with E-state index in [-0.39, 0.29) is 23.4 Å². The molecule has 4 aromatic carbocycles. The molecule has 2 nitrogen and oxygen atoms in total. The SMILES string of the molecule is CCCCc1ccc(C(F)(F)Oc2ccc(-c3ccc(C(F)(F)Oc4cc(F)c(C(F)(F)F)c(F)c4)cc3)cc2)cc1. The van der Waals surface area contributed by atoms with E-state index in [1.807, 2.05) is 6.92 Å². The largest absolute Gasteiger partial charge is 0.429 e. The Morgan fingerprint density at radius 1 is 0.571 bits per heavy atom. The third kappa shape index (κ3) is 7.18. The summed E-state index contributed by atoms with van der Waals surface area (Å²) in [5.41, 5.74) is -1.48. The highest BCUT2D eigenvalue weighted by Gasteiger charge is 2.40. The molecule has 0 fully saturated rings. The molecule has 0 heterocycles. The van der Waals surface area contributed by atoms with Gasteiger partial charge in [0.1, 0.15) is 28.7 Å². The second-order valence-corrected chi connectivity index (χ2v) is 9.40. The van der Waals surface area contributed by atoms with Gasteiger partial charge < -0.3 is 9.47 Å². The highest BCUT2D eigenvalue weighted by atomic mass is 19.4. The molecule has 11 heteroatoms. The molecular formula is C31H23F9O2. The molecule has 0 spiro atoms. The maximum Gasteiger partial charge on any atom is 0.426 e. The Hall–Kier alpha value is -4.15. The number of unbranched alkanes of at least 4 members (excludes halogenated alkanes) is 1. The lowest BCUT2D eigenvalue weighted by Gasteiger charge is -2.20. The zero-order valence-corrected chi connectivity index (χ0v) is 21.9. The summed E-state index contributed by atoms with van der Waals surface area (Å²) in [5.74, 6) is -5.48. The van der Waals surface area contributed by atoms with Gasteiger partial charge >= 0.3 is 18.4 Å². The van der Waals surface area contributed by atoms with Gasteiger partial charge in [-0.05, 0) is 65.9 Å². The number of rotatable bonds is 10. The van der Waals surface area contributed by atoms with Crippen LogP contribution in [0, 0.1) is 11.6 Å². The Balaban J connectivity index is 1.44. The van der Waals surface area contributed by atoms with Crippen LogP contribution in [-0.4, -0.2) is 0 Å². The fourth-order valence-corrected chi connectivity index (χ4v) is 4.11. The van der Waals surface area contributed by atoms with Gasteiger partial charge in [0.2, 0.25) is 0 Å². The lowest BCUT2D eigenvalue weighted by Crippen LogP contribution is -2.22. The summed E-state index contributed by atoms with van der Waals surface area (Å²) < 4.78 is 133. The number of halogens is 9. The summed E-state index contributed by atoms with van der Waals surface area (Å²) in [6.45, 7) is 2.04. The number of alkyl halides is 7. The molecule has 0 unspecified atom stereocenters. The molecule has 0 aliphatic carbocycles. The third-order valence-electron chi connectivity index (χ3n) is 6.31. The van der Waals surface area contributed by atoms with E-state index in [0.29, 0.717) is 11.1 Å². The number of benzene rings is 4. The molecule has 0 bridgehead atoms. The van der Waals surface area contributed by atoms with E-state index in [0.717, 1.165) is 37.0 Å². The van der Waals surface area contributed by atoms with E-state index in [4.69, 9.17) is 4.74 Å². The van der Waals surface area contributed by atoms with E-state index in [2.05, 4.69) is 4.74 Å². The Kier molecular flexibility index (Phi) is 8.79. The van der Waals surface area contributed by atoms with Crippen molar-refractivity contribution in [1.82, 2.24) is 0 Å². The zero-order chi connectivity index (χ0) is 30.7. The molecule has 0 N–H and O–H groups in total. The van der Waals surface area contributed by atoms with Crippen molar-refractivity contribution >= 4 is 0 Å². The zero-order valence-electron chi connectivity index (χ0n) is 21.9. The van der Waals surface area contributed by atoms with Crippen molar-refractivity contribution in [1.29, 1.82) is 0 Å². The minimum atomic E-state index is -5.36. The van der Waals surface area contributed by atoms with Crippen LogP contribution in [0.5, 0.6) is 11.5 Å². The third-order valence-corrected chi connectivity index (χ3v) is 6.31. The van der Waals surface area contributed by atoms with E-state index >= 15 is 0 Å². The predicted octanol–water partition coefficient (Wildman–Crippen LogP) is 10.2. The first kappa shape index (κ1) is 30.8. The normalized spacial score (nSPS) is 12.3. The first-order chi connectivity index (χ1) is 19.7. The summed E-state index contributed by atoms with van der Waals surface area (Å²) in [6.07, 6.45) is -10.4. The van der Waals surface area contributed by atoms with Gasteiger partial charge in [-0.2, -0.15) is 30.7 Å². The molecule has 42 heavy (non-hydrogen) atoms. The van der Waals surface area contributed by atoms with Crippen molar-refractivity contribution < 1.29 is 49.0 Å².